The number of nitrogens with two attached hydrogens (primary N) is 1. The Morgan fingerprint density at radius 2 is 2.10 bits per heavy atom. The Labute approximate surface area is 121 Å². The number of hydrogen-bond donors (Lipinski definition) is 1. The zero-order valence-electron chi connectivity index (χ0n) is 11.7. The third kappa shape index (κ3) is 2.16. The smallest absolute Gasteiger partial charge is 0.280 e. The van der Waals surface area contributed by atoms with Crippen LogP contribution in [0.3, 0.4) is 0 Å². The van der Waals surface area contributed by atoms with Gasteiger partial charge in [0.25, 0.3) is 5.89 Å². The summed E-state index contributed by atoms with van der Waals surface area (Å²) in [7, 11) is 0. The quantitative estimate of drug-likeness (QED) is 0.925. The molecule has 0 aromatic carbocycles. The lowest BCUT2D eigenvalue weighted by atomic mass is 9.99. The molecule has 1 saturated heterocycles. The minimum Gasteiger partial charge on any atom is -0.445 e. The monoisotopic (exact) mass is 290 g/mol. The molecule has 1 aliphatic carbocycles. The van der Waals surface area contributed by atoms with Gasteiger partial charge in [-0.05, 0) is 25.7 Å². The van der Waals surface area contributed by atoms with E-state index >= 15 is 0 Å². The Balaban J connectivity index is 1.65. The zero-order valence-corrected chi connectivity index (χ0v) is 11.7. The van der Waals surface area contributed by atoms with Gasteiger partial charge in [-0.25, -0.2) is 4.98 Å². The topological polar surface area (TPSA) is 100 Å². The SMILES string of the molecule is NC1(c2noc(-c3ncoc3C3CCCO3)n2)CCCC1. The highest BCUT2D eigenvalue weighted by atomic mass is 16.5. The number of hydrogen-bond acceptors (Lipinski definition) is 7. The Kier molecular flexibility index (Phi) is 3.04. The van der Waals surface area contributed by atoms with Crippen LogP contribution < -0.4 is 5.73 Å². The summed E-state index contributed by atoms with van der Waals surface area (Å²) >= 11 is 0. The average Bonchev–Trinajstić information content (AvgIpc) is 3.25. The van der Waals surface area contributed by atoms with Crippen molar-refractivity contribution in [1.29, 1.82) is 0 Å². The molecule has 112 valence electrons. The maximum absolute atomic E-state index is 6.35. The fourth-order valence-electron chi connectivity index (χ4n) is 3.18. The molecule has 0 bridgehead atoms. The van der Waals surface area contributed by atoms with E-state index in [1.165, 1.54) is 6.39 Å². The maximum atomic E-state index is 6.35. The molecule has 3 heterocycles. The molecular weight excluding hydrogens is 272 g/mol. The standard InChI is InChI=1S/C14H18N4O3/c15-14(5-1-2-6-14)13-17-12(21-18-13)10-11(20-8-16-10)9-4-3-7-19-9/h8-9H,1-7,15H2. The molecule has 4 rings (SSSR count). The molecule has 1 atom stereocenters. The molecule has 1 unspecified atom stereocenters. The number of rotatable bonds is 3. The van der Waals surface area contributed by atoms with Gasteiger partial charge in [-0.2, -0.15) is 4.98 Å². The van der Waals surface area contributed by atoms with Crippen molar-refractivity contribution in [3.63, 3.8) is 0 Å². The fourth-order valence-corrected chi connectivity index (χ4v) is 3.18. The summed E-state index contributed by atoms with van der Waals surface area (Å²) < 4.78 is 16.5. The largest absolute Gasteiger partial charge is 0.445 e. The van der Waals surface area contributed by atoms with Gasteiger partial charge in [-0.1, -0.05) is 18.0 Å². The maximum Gasteiger partial charge on any atom is 0.280 e. The molecule has 2 N–H and O–H groups in total. The third-order valence-corrected chi connectivity index (χ3v) is 4.39. The number of oxazole rings is 1. The summed E-state index contributed by atoms with van der Waals surface area (Å²) in [5, 5.41) is 4.06. The van der Waals surface area contributed by atoms with Crippen molar-refractivity contribution in [3.05, 3.63) is 18.0 Å². The number of aromatic nitrogens is 3. The molecule has 1 saturated carbocycles. The van der Waals surface area contributed by atoms with E-state index in [1.54, 1.807) is 0 Å². The molecule has 1 aliphatic heterocycles. The molecule has 2 aromatic rings. The van der Waals surface area contributed by atoms with E-state index in [9.17, 15) is 0 Å². The van der Waals surface area contributed by atoms with Gasteiger partial charge in [0.1, 0.15) is 6.10 Å². The van der Waals surface area contributed by atoms with Crippen LogP contribution in [0.5, 0.6) is 0 Å². The lowest BCUT2D eigenvalue weighted by Crippen LogP contribution is -2.34. The number of ether oxygens (including phenoxy) is 1. The summed E-state index contributed by atoms with van der Waals surface area (Å²) in [5.41, 5.74) is 6.46. The lowest BCUT2D eigenvalue weighted by molar-refractivity contribution is 0.0939. The van der Waals surface area contributed by atoms with E-state index in [0.717, 1.165) is 45.1 Å². The van der Waals surface area contributed by atoms with Crippen LogP contribution in [-0.4, -0.2) is 21.7 Å². The van der Waals surface area contributed by atoms with Crippen LogP contribution in [0.1, 0.15) is 56.2 Å². The highest BCUT2D eigenvalue weighted by molar-refractivity contribution is 5.50. The van der Waals surface area contributed by atoms with Crippen LogP contribution in [0.25, 0.3) is 11.6 Å². The van der Waals surface area contributed by atoms with Gasteiger partial charge >= 0.3 is 0 Å². The van der Waals surface area contributed by atoms with E-state index in [0.29, 0.717) is 23.2 Å². The van der Waals surface area contributed by atoms with Crippen LogP contribution in [0.4, 0.5) is 0 Å². The van der Waals surface area contributed by atoms with Gasteiger partial charge in [0.05, 0.1) is 5.54 Å². The summed E-state index contributed by atoms with van der Waals surface area (Å²) in [6.07, 6.45) is 7.25. The van der Waals surface area contributed by atoms with Gasteiger partial charge in [0.15, 0.2) is 23.7 Å². The van der Waals surface area contributed by atoms with Gasteiger partial charge < -0.3 is 19.4 Å². The predicted octanol–water partition coefficient (Wildman–Crippen LogP) is 2.30. The fraction of sp³-hybridized carbons (Fsp3) is 0.643. The van der Waals surface area contributed by atoms with Gasteiger partial charge in [-0.15, -0.1) is 0 Å². The van der Waals surface area contributed by atoms with Crippen LogP contribution in [0.2, 0.25) is 0 Å². The Morgan fingerprint density at radius 1 is 1.24 bits per heavy atom. The van der Waals surface area contributed by atoms with Crippen LogP contribution in [0, 0.1) is 0 Å². The van der Waals surface area contributed by atoms with Crippen molar-refractivity contribution in [2.45, 2.75) is 50.2 Å². The normalized spacial score (nSPS) is 24.7. The summed E-state index contributed by atoms with van der Waals surface area (Å²) in [5.74, 6) is 1.59. The molecule has 0 amide bonds. The van der Waals surface area contributed by atoms with Crippen molar-refractivity contribution in [1.82, 2.24) is 15.1 Å². The van der Waals surface area contributed by atoms with E-state index in [4.69, 9.17) is 19.4 Å². The van der Waals surface area contributed by atoms with Crippen LogP contribution in [0.15, 0.2) is 15.3 Å². The highest BCUT2D eigenvalue weighted by Gasteiger charge is 2.37. The summed E-state index contributed by atoms with van der Waals surface area (Å²) in [6.45, 7) is 0.742. The molecule has 0 spiro atoms. The molecule has 0 radical (unpaired) electrons. The first-order valence-corrected chi connectivity index (χ1v) is 7.45. The second kappa shape index (κ2) is 4.92. The molecule has 2 aliphatic rings. The molecular formula is C14H18N4O3. The van der Waals surface area contributed by atoms with Crippen molar-refractivity contribution in [3.8, 4) is 11.6 Å². The molecule has 7 nitrogen and oxygen atoms in total. The first-order chi connectivity index (χ1) is 10.3. The second-order valence-electron chi connectivity index (χ2n) is 5.85. The van der Waals surface area contributed by atoms with E-state index in [-0.39, 0.29) is 6.10 Å². The van der Waals surface area contributed by atoms with Crippen molar-refractivity contribution < 1.29 is 13.7 Å². The zero-order chi connectivity index (χ0) is 14.3. The number of nitrogens with zero attached hydrogens (tertiary/aromatic N) is 3. The Bertz CT molecular complexity index is 624. The summed E-state index contributed by atoms with van der Waals surface area (Å²) in [4.78, 5) is 8.67. The molecule has 21 heavy (non-hydrogen) atoms. The van der Waals surface area contributed by atoms with Crippen molar-refractivity contribution in [2.24, 2.45) is 5.73 Å². The first-order valence-electron chi connectivity index (χ1n) is 7.45. The summed E-state index contributed by atoms with van der Waals surface area (Å²) in [6, 6.07) is 0. The minimum absolute atomic E-state index is 0.0730. The van der Waals surface area contributed by atoms with Crippen molar-refractivity contribution in [2.75, 3.05) is 6.61 Å². The lowest BCUT2D eigenvalue weighted by Gasteiger charge is -2.17. The second-order valence-corrected chi connectivity index (χ2v) is 5.85. The van der Waals surface area contributed by atoms with Crippen molar-refractivity contribution >= 4 is 0 Å². The van der Waals surface area contributed by atoms with E-state index in [1.807, 2.05) is 0 Å². The minimum atomic E-state index is -0.463. The highest BCUT2D eigenvalue weighted by Crippen LogP contribution is 2.37. The first kappa shape index (κ1) is 13.0. The van der Waals surface area contributed by atoms with E-state index < -0.39 is 5.54 Å². The van der Waals surface area contributed by atoms with Crippen LogP contribution >= 0.6 is 0 Å². The molecule has 2 fully saturated rings. The Hall–Kier alpha value is -1.73. The third-order valence-electron chi connectivity index (χ3n) is 4.39. The van der Waals surface area contributed by atoms with Gasteiger partial charge in [0, 0.05) is 6.61 Å². The molecule has 2 aromatic heterocycles. The van der Waals surface area contributed by atoms with E-state index in [2.05, 4.69) is 15.1 Å². The average molecular weight is 290 g/mol. The Morgan fingerprint density at radius 3 is 2.86 bits per heavy atom. The molecule has 7 heteroatoms. The van der Waals surface area contributed by atoms with Crippen LogP contribution in [-0.2, 0) is 10.3 Å². The predicted molar refractivity (Wildman–Crippen MR) is 72.1 cm³/mol. The van der Waals surface area contributed by atoms with Gasteiger partial charge in [0.2, 0.25) is 0 Å². The van der Waals surface area contributed by atoms with Gasteiger partial charge in [-0.3, -0.25) is 0 Å².